The summed E-state index contributed by atoms with van der Waals surface area (Å²) in [6, 6.07) is 0.146. The Labute approximate surface area is 110 Å². The van der Waals surface area contributed by atoms with Crippen molar-refractivity contribution in [2.45, 2.75) is 37.7 Å². The van der Waals surface area contributed by atoms with Gasteiger partial charge in [0.05, 0.1) is 12.7 Å². The molecule has 1 amide bonds. The fraction of sp³-hybridized carbons (Fsp3) is 0.750. The molecule has 1 aromatic heterocycles. The highest BCUT2D eigenvalue weighted by molar-refractivity contribution is 5.89. The summed E-state index contributed by atoms with van der Waals surface area (Å²) in [6.07, 6.45) is 4.37. The Hall–Kier alpha value is -1.47. The van der Waals surface area contributed by atoms with Gasteiger partial charge < -0.3 is 14.0 Å². The zero-order valence-corrected chi connectivity index (χ0v) is 10.6. The quantitative estimate of drug-likeness (QED) is 0.830. The third-order valence-electron chi connectivity index (χ3n) is 3.19. The molecular formula is C12H17N3O4. The molecule has 1 atom stereocenters. The molecule has 1 aromatic rings. The highest BCUT2D eigenvalue weighted by Gasteiger charge is 2.29. The lowest BCUT2D eigenvalue weighted by Crippen LogP contribution is -2.22. The number of nitrogens with one attached hydrogen (secondary N) is 1. The van der Waals surface area contributed by atoms with Crippen LogP contribution in [-0.4, -0.2) is 42.0 Å². The molecular weight excluding hydrogens is 250 g/mol. The summed E-state index contributed by atoms with van der Waals surface area (Å²) in [7, 11) is 0. The molecule has 0 spiro atoms. The Morgan fingerprint density at radius 2 is 2.32 bits per heavy atom. The Morgan fingerprint density at radius 3 is 3.05 bits per heavy atom. The highest BCUT2D eigenvalue weighted by Crippen LogP contribution is 2.38. The summed E-state index contributed by atoms with van der Waals surface area (Å²) in [5.74, 6) is 0.796. The topological polar surface area (TPSA) is 86.5 Å². The summed E-state index contributed by atoms with van der Waals surface area (Å²) in [6.45, 7) is 1.21. The maximum atomic E-state index is 11.6. The van der Waals surface area contributed by atoms with Gasteiger partial charge in [-0.2, -0.15) is 4.98 Å². The van der Waals surface area contributed by atoms with Crippen LogP contribution in [-0.2, 0) is 14.3 Å². The largest absolute Gasteiger partial charge is 0.376 e. The molecule has 2 fully saturated rings. The molecule has 1 unspecified atom stereocenters. The van der Waals surface area contributed by atoms with Gasteiger partial charge in [-0.05, 0) is 25.7 Å². The molecule has 0 radical (unpaired) electrons. The summed E-state index contributed by atoms with van der Waals surface area (Å²) < 4.78 is 15.6. The van der Waals surface area contributed by atoms with Crippen LogP contribution in [0, 0.1) is 0 Å². The van der Waals surface area contributed by atoms with Crippen LogP contribution in [0.5, 0.6) is 0 Å². The lowest BCUT2D eigenvalue weighted by Gasteiger charge is -2.09. The highest BCUT2D eigenvalue weighted by atomic mass is 16.5. The van der Waals surface area contributed by atoms with Crippen molar-refractivity contribution < 1.29 is 18.8 Å². The number of hydrogen-bond donors (Lipinski definition) is 1. The normalized spacial score (nSPS) is 22.6. The van der Waals surface area contributed by atoms with Crippen LogP contribution in [0.15, 0.2) is 4.52 Å². The van der Waals surface area contributed by atoms with Gasteiger partial charge in [-0.3, -0.25) is 10.1 Å². The molecule has 2 heterocycles. The standard InChI is InChI=1S/C12H17N3O4/c16-10(7-17-6-9-2-1-5-18-9)13-12-14-11(15-19-12)8-3-4-8/h8-9H,1-7H2,(H,13,14,15,16). The van der Waals surface area contributed by atoms with E-state index in [0.29, 0.717) is 18.3 Å². The first-order chi connectivity index (χ1) is 9.31. The Bertz CT molecular complexity index is 438. The number of aromatic nitrogens is 2. The van der Waals surface area contributed by atoms with Gasteiger partial charge in [0, 0.05) is 12.5 Å². The smallest absolute Gasteiger partial charge is 0.328 e. The van der Waals surface area contributed by atoms with Crippen molar-refractivity contribution in [2.75, 3.05) is 25.1 Å². The van der Waals surface area contributed by atoms with Gasteiger partial charge in [-0.15, -0.1) is 0 Å². The number of rotatable bonds is 6. The third-order valence-corrected chi connectivity index (χ3v) is 3.19. The van der Waals surface area contributed by atoms with Crippen LogP contribution in [0.4, 0.5) is 6.01 Å². The molecule has 1 saturated heterocycles. The summed E-state index contributed by atoms with van der Waals surface area (Å²) >= 11 is 0. The number of anilines is 1. The molecule has 1 aliphatic carbocycles. The van der Waals surface area contributed by atoms with E-state index in [1.54, 1.807) is 0 Å². The lowest BCUT2D eigenvalue weighted by atomic mass is 10.2. The minimum absolute atomic E-state index is 0.0268. The fourth-order valence-corrected chi connectivity index (χ4v) is 2.01. The summed E-state index contributed by atoms with van der Waals surface area (Å²) in [5.41, 5.74) is 0. The van der Waals surface area contributed by atoms with Crippen molar-refractivity contribution in [2.24, 2.45) is 0 Å². The Balaban J connectivity index is 1.37. The Kier molecular flexibility index (Phi) is 3.74. The summed E-state index contributed by atoms with van der Waals surface area (Å²) in [5, 5.41) is 6.34. The molecule has 7 nitrogen and oxygen atoms in total. The van der Waals surface area contributed by atoms with E-state index in [9.17, 15) is 4.79 Å². The minimum Gasteiger partial charge on any atom is -0.376 e. The molecule has 104 valence electrons. The van der Waals surface area contributed by atoms with E-state index in [-0.39, 0.29) is 24.6 Å². The van der Waals surface area contributed by atoms with Crippen molar-refractivity contribution in [1.29, 1.82) is 0 Å². The van der Waals surface area contributed by atoms with E-state index in [1.807, 2.05) is 0 Å². The first-order valence-electron chi connectivity index (χ1n) is 6.64. The van der Waals surface area contributed by atoms with E-state index >= 15 is 0 Å². The monoisotopic (exact) mass is 267 g/mol. The van der Waals surface area contributed by atoms with E-state index in [0.717, 1.165) is 32.3 Å². The van der Waals surface area contributed by atoms with E-state index in [2.05, 4.69) is 15.5 Å². The van der Waals surface area contributed by atoms with Crippen LogP contribution in [0.2, 0.25) is 0 Å². The van der Waals surface area contributed by atoms with Crippen molar-refractivity contribution in [3.63, 3.8) is 0 Å². The number of nitrogens with zero attached hydrogens (tertiary/aromatic N) is 2. The maximum absolute atomic E-state index is 11.6. The lowest BCUT2D eigenvalue weighted by molar-refractivity contribution is -0.121. The molecule has 19 heavy (non-hydrogen) atoms. The minimum atomic E-state index is -0.288. The molecule has 3 rings (SSSR count). The number of ether oxygens (including phenoxy) is 2. The van der Waals surface area contributed by atoms with Crippen LogP contribution in [0.25, 0.3) is 0 Å². The van der Waals surface area contributed by atoms with Gasteiger partial charge >= 0.3 is 6.01 Å². The second-order valence-corrected chi connectivity index (χ2v) is 4.93. The molecule has 2 aliphatic rings. The fourth-order valence-electron chi connectivity index (χ4n) is 2.01. The van der Waals surface area contributed by atoms with Crippen LogP contribution in [0.1, 0.15) is 37.4 Å². The second kappa shape index (κ2) is 5.66. The first kappa shape index (κ1) is 12.6. The Morgan fingerprint density at radius 1 is 1.42 bits per heavy atom. The average Bonchev–Trinajstić information content (AvgIpc) is 2.92. The van der Waals surface area contributed by atoms with Gasteiger partial charge in [-0.25, -0.2) is 0 Å². The molecule has 7 heteroatoms. The number of carbonyl (C=O) groups excluding carboxylic acids is 1. The van der Waals surface area contributed by atoms with Gasteiger partial charge in [0.25, 0.3) is 5.91 Å². The molecule has 0 bridgehead atoms. The first-order valence-corrected chi connectivity index (χ1v) is 6.64. The van der Waals surface area contributed by atoms with Crippen LogP contribution in [0.3, 0.4) is 0 Å². The zero-order chi connectivity index (χ0) is 13.1. The van der Waals surface area contributed by atoms with Crippen molar-refractivity contribution in [3.05, 3.63) is 5.82 Å². The molecule has 1 N–H and O–H groups in total. The zero-order valence-electron chi connectivity index (χ0n) is 10.6. The van der Waals surface area contributed by atoms with E-state index in [4.69, 9.17) is 14.0 Å². The van der Waals surface area contributed by atoms with Gasteiger partial charge in [-0.1, -0.05) is 5.16 Å². The molecule has 1 saturated carbocycles. The predicted octanol–water partition coefficient (Wildman–Crippen LogP) is 1.08. The van der Waals surface area contributed by atoms with Crippen molar-refractivity contribution in [3.8, 4) is 0 Å². The number of amides is 1. The molecule has 0 aromatic carbocycles. The van der Waals surface area contributed by atoms with Crippen molar-refractivity contribution >= 4 is 11.9 Å². The van der Waals surface area contributed by atoms with Crippen LogP contribution >= 0.6 is 0 Å². The molecule has 1 aliphatic heterocycles. The van der Waals surface area contributed by atoms with E-state index in [1.165, 1.54) is 0 Å². The number of hydrogen-bond acceptors (Lipinski definition) is 6. The van der Waals surface area contributed by atoms with Gasteiger partial charge in [0.15, 0.2) is 5.82 Å². The number of carbonyl (C=O) groups is 1. The summed E-state index contributed by atoms with van der Waals surface area (Å²) in [4.78, 5) is 15.7. The SMILES string of the molecule is O=C(COCC1CCCO1)Nc1nc(C2CC2)no1. The van der Waals surface area contributed by atoms with Gasteiger partial charge in [0.2, 0.25) is 0 Å². The predicted molar refractivity (Wildman–Crippen MR) is 64.7 cm³/mol. The van der Waals surface area contributed by atoms with Gasteiger partial charge in [0.1, 0.15) is 6.61 Å². The van der Waals surface area contributed by atoms with Crippen LogP contribution < -0.4 is 5.32 Å². The second-order valence-electron chi connectivity index (χ2n) is 4.93. The average molecular weight is 267 g/mol. The third kappa shape index (κ3) is 3.51. The maximum Gasteiger partial charge on any atom is 0.328 e. The van der Waals surface area contributed by atoms with Crippen molar-refractivity contribution in [1.82, 2.24) is 10.1 Å². The van der Waals surface area contributed by atoms with E-state index < -0.39 is 0 Å².